The number of carbonyl (C=O) groups is 1. The molecule has 3 aromatic rings. The first kappa shape index (κ1) is 25.0. The number of amides is 1. The van der Waals surface area contributed by atoms with E-state index in [1.54, 1.807) is 24.3 Å². The Labute approximate surface area is 210 Å². The highest BCUT2D eigenvalue weighted by Gasteiger charge is 2.25. The maximum atomic E-state index is 12.5. The Balaban J connectivity index is 1.26. The molecule has 1 aliphatic rings. The molecule has 1 amide bonds. The first-order valence-corrected chi connectivity index (χ1v) is 11.5. The Hall–Kier alpha value is -4.09. The van der Waals surface area contributed by atoms with E-state index in [0.29, 0.717) is 41.5 Å². The van der Waals surface area contributed by atoms with Gasteiger partial charge in [-0.1, -0.05) is 23.7 Å². The van der Waals surface area contributed by atoms with Crippen LogP contribution in [0.1, 0.15) is 24.2 Å². The van der Waals surface area contributed by atoms with Gasteiger partial charge in [0.05, 0.1) is 21.1 Å². The zero-order valence-corrected chi connectivity index (χ0v) is 19.8. The zero-order chi connectivity index (χ0) is 25.7. The van der Waals surface area contributed by atoms with Crippen molar-refractivity contribution in [2.24, 2.45) is 11.0 Å². The smallest absolute Gasteiger partial charge is 0.270 e. The molecule has 1 N–H and O–H groups in total. The van der Waals surface area contributed by atoms with Crippen molar-refractivity contribution in [3.8, 4) is 11.3 Å². The predicted molar refractivity (Wildman–Crippen MR) is 133 cm³/mol. The minimum Gasteiger partial charge on any atom is -0.455 e. The Morgan fingerprint density at radius 1 is 1.06 bits per heavy atom. The van der Waals surface area contributed by atoms with E-state index in [0.717, 1.165) is 18.7 Å². The van der Waals surface area contributed by atoms with Gasteiger partial charge in [-0.15, -0.1) is 0 Å². The SMILES string of the molecule is O=C(NN=Cc1ccc(-c2cc([N+](=O)[O-])ccc2Cl)o1)C1CCN(Cc2ccc([N+](=O)[O-])cc2)CC1. The van der Waals surface area contributed by atoms with Crippen molar-refractivity contribution in [3.05, 3.63) is 91.2 Å². The molecule has 2 aromatic carbocycles. The number of rotatable bonds is 8. The number of likely N-dealkylation sites (tertiary alicyclic amines) is 1. The van der Waals surface area contributed by atoms with E-state index in [9.17, 15) is 25.0 Å². The van der Waals surface area contributed by atoms with Crippen LogP contribution in [0.2, 0.25) is 5.02 Å². The van der Waals surface area contributed by atoms with Gasteiger partial charge in [0.25, 0.3) is 11.4 Å². The van der Waals surface area contributed by atoms with Gasteiger partial charge in [0.2, 0.25) is 5.91 Å². The molecule has 1 saturated heterocycles. The molecule has 1 aromatic heterocycles. The summed E-state index contributed by atoms with van der Waals surface area (Å²) in [4.78, 5) is 35.6. The summed E-state index contributed by atoms with van der Waals surface area (Å²) in [6.45, 7) is 2.12. The number of hydrazone groups is 1. The number of carbonyl (C=O) groups excluding carboxylic acids is 1. The Bertz CT molecular complexity index is 1300. The maximum absolute atomic E-state index is 12.5. The molecule has 0 saturated carbocycles. The quantitative estimate of drug-likeness (QED) is 0.260. The first-order valence-electron chi connectivity index (χ1n) is 11.1. The number of nitro benzene ring substituents is 2. The standard InChI is InChI=1S/C24H22ClN5O6/c25-22-7-5-19(30(34)35)13-21(22)23-8-6-20(36-23)14-26-27-24(31)17-9-11-28(12-10-17)15-16-1-3-18(4-2-16)29(32)33/h1-8,13-14,17H,9-12,15H2,(H,27,31). The van der Waals surface area contributed by atoms with Gasteiger partial charge in [-0.05, 0) is 49.7 Å². The Morgan fingerprint density at radius 2 is 1.72 bits per heavy atom. The number of nitrogens with one attached hydrogen (secondary N) is 1. The molecule has 1 fully saturated rings. The van der Waals surface area contributed by atoms with Crippen LogP contribution in [-0.2, 0) is 11.3 Å². The van der Waals surface area contributed by atoms with E-state index in [1.165, 1.54) is 36.5 Å². The maximum Gasteiger partial charge on any atom is 0.270 e. The van der Waals surface area contributed by atoms with Crippen LogP contribution >= 0.6 is 11.6 Å². The van der Waals surface area contributed by atoms with Crippen LogP contribution in [-0.4, -0.2) is 40.0 Å². The summed E-state index contributed by atoms with van der Waals surface area (Å²) in [5.74, 6) is 0.337. The molecule has 4 rings (SSSR count). The lowest BCUT2D eigenvalue weighted by molar-refractivity contribution is -0.385. The second kappa shape index (κ2) is 11.1. The highest BCUT2D eigenvalue weighted by molar-refractivity contribution is 6.33. The van der Waals surface area contributed by atoms with Crippen LogP contribution in [0.3, 0.4) is 0 Å². The van der Waals surface area contributed by atoms with Gasteiger partial charge in [-0.25, -0.2) is 5.43 Å². The van der Waals surface area contributed by atoms with Crippen molar-refractivity contribution in [3.63, 3.8) is 0 Å². The average molecular weight is 512 g/mol. The molecule has 0 bridgehead atoms. The second-order valence-electron chi connectivity index (χ2n) is 8.33. The van der Waals surface area contributed by atoms with E-state index >= 15 is 0 Å². The zero-order valence-electron chi connectivity index (χ0n) is 19.0. The summed E-state index contributed by atoms with van der Waals surface area (Å²) >= 11 is 6.15. The number of piperidine rings is 1. The van der Waals surface area contributed by atoms with Gasteiger partial charge in [-0.2, -0.15) is 5.10 Å². The molecule has 0 radical (unpaired) electrons. The van der Waals surface area contributed by atoms with Gasteiger partial charge in [0.15, 0.2) is 0 Å². The number of non-ortho nitro benzene ring substituents is 2. The second-order valence-corrected chi connectivity index (χ2v) is 8.74. The van der Waals surface area contributed by atoms with Crippen molar-refractivity contribution in [2.75, 3.05) is 13.1 Å². The minimum atomic E-state index is -0.513. The molecule has 186 valence electrons. The number of halogens is 1. The predicted octanol–water partition coefficient (Wildman–Crippen LogP) is 4.78. The molecule has 36 heavy (non-hydrogen) atoms. The summed E-state index contributed by atoms with van der Waals surface area (Å²) in [6.07, 6.45) is 2.70. The normalized spacial score (nSPS) is 14.7. The van der Waals surface area contributed by atoms with Crippen molar-refractivity contribution in [1.82, 2.24) is 10.3 Å². The van der Waals surface area contributed by atoms with Gasteiger partial charge in [0.1, 0.15) is 11.5 Å². The van der Waals surface area contributed by atoms with E-state index in [2.05, 4.69) is 15.4 Å². The van der Waals surface area contributed by atoms with E-state index < -0.39 is 9.85 Å². The number of hydrogen-bond donors (Lipinski definition) is 1. The highest BCUT2D eigenvalue weighted by atomic mass is 35.5. The van der Waals surface area contributed by atoms with Crippen LogP contribution in [0.4, 0.5) is 11.4 Å². The van der Waals surface area contributed by atoms with Crippen LogP contribution in [0.15, 0.2) is 64.1 Å². The van der Waals surface area contributed by atoms with Gasteiger partial charge < -0.3 is 4.42 Å². The molecule has 0 aliphatic carbocycles. The monoisotopic (exact) mass is 511 g/mol. The number of nitrogens with zero attached hydrogens (tertiary/aromatic N) is 4. The topological polar surface area (TPSA) is 144 Å². The summed E-state index contributed by atoms with van der Waals surface area (Å²) in [5.41, 5.74) is 3.87. The summed E-state index contributed by atoms with van der Waals surface area (Å²) in [6, 6.07) is 13.8. The largest absolute Gasteiger partial charge is 0.455 e. The minimum absolute atomic E-state index is 0.0632. The third-order valence-electron chi connectivity index (χ3n) is 5.93. The molecule has 2 heterocycles. The lowest BCUT2D eigenvalue weighted by Gasteiger charge is -2.30. The van der Waals surface area contributed by atoms with E-state index in [1.807, 2.05) is 0 Å². The van der Waals surface area contributed by atoms with Crippen LogP contribution in [0.5, 0.6) is 0 Å². The van der Waals surface area contributed by atoms with E-state index in [-0.39, 0.29) is 23.2 Å². The molecular formula is C24H22ClN5O6. The fourth-order valence-corrected chi connectivity index (χ4v) is 4.18. The number of benzene rings is 2. The number of nitro groups is 2. The number of hydrogen-bond acceptors (Lipinski definition) is 8. The molecule has 0 atom stereocenters. The molecule has 11 nitrogen and oxygen atoms in total. The third kappa shape index (κ3) is 6.12. The number of furan rings is 1. The van der Waals surface area contributed by atoms with Crippen molar-refractivity contribution in [1.29, 1.82) is 0 Å². The fourth-order valence-electron chi connectivity index (χ4n) is 3.97. The summed E-state index contributed by atoms with van der Waals surface area (Å²) < 4.78 is 5.65. The molecular weight excluding hydrogens is 490 g/mol. The molecule has 0 unspecified atom stereocenters. The summed E-state index contributed by atoms with van der Waals surface area (Å²) in [7, 11) is 0. The van der Waals surface area contributed by atoms with Crippen LogP contribution in [0.25, 0.3) is 11.3 Å². The third-order valence-corrected chi connectivity index (χ3v) is 6.26. The van der Waals surface area contributed by atoms with Crippen molar-refractivity contribution < 1.29 is 19.1 Å². The van der Waals surface area contributed by atoms with E-state index in [4.69, 9.17) is 16.0 Å². The van der Waals surface area contributed by atoms with Gasteiger partial charge in [-0.3, -0.25) is 29.9 Å². The molecule has 0 spiro atoms. The van der Waals surface area contributed by atoms with Gasteiger partial charge in [0, 0.05) is 42.3 Å². The molecule has 12 heteroatoms. The highest BCUT2D eigenvalue weighted by Crippen LogP contribution is 2.32. The summed E-state index contributed by atoms with van der Waals surface area (Å²) in [5, 5.41) is 26.1. The van der Waals surface area contributed by atoms with Crippen LogP contribution < -0.4 is 5.43 Å². The lowest BCUT2D eigenvalue weighted by Crippen LogP contribution is -2.39. The average Bonchev–Trinajstić information content (AvgIpc) is 3.33. The van der Waals surface area contributed by atoms with Crippen molar-refractivity contribution in [2.45, 2.75) is 19.4 Å². The first-order chi connectivity index (χ1) is 17.3. The fraction of sp³-hybridized carbons (Fsp3) is 0.250. The van der Waals surface area contributed by atoms with Gasteiger partial charge >= 0.3 is 0 Å². The lowest BCUT2D eigenvalue weighted by atomic mass is 9.96. The van der Waals surface area contributed by atoms with Crippen LogP contribution in [0, 0.1) is 26.1 Å². The Morgan fingerprint density at radius 3 is 2.39 bits per heavy atom. The Kier molecular flexibility index (Phi) is 7.71. The molecule has 1 aliphatic heterocycles. The van der Waals surface area contributed by atoms with Crippen molar-refractivity contribution >= 4 is 35.1 Å².